The minimum absolute atomic E-state index is 0.178. The second-order valence-corrected chi connectivity index (χ2v) is 4.60. The fourth-order valence-electron chi connectivity index (χ4n) is 2.31. The van der Waals surface area contributed by atoms with E-state index in [1.54, 1.807) is 0 Å². The number of amides is 1. The van der Waals surface area contributed by atoms with E-state index < -0.39 is 0 Å². The number of nitrogens with one attached hydrogen (secondary N) is 1. The highest BCUT2D eigenvalue weighted by Gasteiger charge is 2.46. The number of hydrogen-bond acceptors (Lipinski definition) is 3. The van der Waals surface area contributed by atoms with Gasteiger partial charge >= 0.3 is 6.09 Å². The summed E-state index contributed by atoms with van der Waals surface area (Å²) >= 11 is 0. The molecule has 0 radical (unpaired) electrons. The first kappa shape index (κ1) is 10.6. The van der Waals surface area contributed by atoms with Gasteiger partial charge in [-0.2, -0.15) is 0 Å². The molecule has 1 saturated heterocycles. The Bertz CT molecular complexity index is 407. The predicted molar refractivity (Wildman–Crippen MR) is 63.5 cm³/mol. The number of benzene rings is 1. The number of carbonyl (C=O) groups is 1. The molecule has 1 saturated carbocycles. The van der Waals surface area contributed by atoms with Crippen LogP contribution in [0.15, 0.2) is 30.3 Å². The summed E-state index contributed by atoms with van der Waals surface area (Å²) < 4.78 is 5.32. The molecular formula is C13H16N2O2. The minimum Gasteiger partial charge on any atom is -0.445 e. The number of hydrogen-bond donors (Lipinski definition) is 1. The van der Waals surface area contributed by atoms with E-state index >= 15 is 0 Å². The van der Waals surface area contributed by atoms with Crippen molar-refractivity contribution in [3.63, 3.8) is 0 Å². The molecule has 1 aromatic rings. The summed E-state index contributed by atoms with van der Waals surface area (Å²) in [7, 11) is 0. The average Bonchev–Trinajstić information content (AvgIpc) is 3.16. The van der Waals surface area contributed by atoms with Crippen LogP contribution in [0.4, 0.5) is 4.79 Å². The summed E-state index contributed by atoms with van der Waals surface area (Å²) in [6.07, 6.45) is 0.892. The van der Waals surface area contributed by atoms with Gasteiger partial charge < -0.3 is 15.0 Å². The van der Waals surface area contributed by atoms with Gasteiger partial charge in [-0.1, -0.05) is 30.3 Å². The molecule has 1 aliphatic carbocycles. The maximum atomic E-state index is 11.9. The molecule has 4 heteroatoms. The zero-order valence-electron chi connectivity index (χ0n) is 9.63. The summed E-state index contributed by atoms with van der Waals surface area (Å²) in [5.41, 5.74) is 1.03. The van der Waals surface area contributed by atoms with E-state index in [4.69, 9.17) is 4.74 Å². The highest BCUT2D eigenvalue weighted by Crippen LogP contribution is 2.30. The zero-order valence-corrected chi connectivity index (χ0v) is 9.63. The fourth-order valence-corrected chi connectivity index (χ4v) is 2.31. The molecule has 2 atom stereocenters. The van der Waals surface area contributed by atoms with E-state index in [-0.39, 0.29) is 6.09 Å². The molecule has 1 amide bonds. The van der Waals surface area contributed by atoms with Crippen LogP contribution in [0.1, 0.15) is 12.0 Å². The number of carbonyl (C=O) groups excluding carboxylic acids is 1. The quantitative estimate of drug-likeness (QED) is 0.837. The normalized spacial score (nSPS) is 26.2. The van der Waals surface area contributed by atoms with Crippen LogP contribution in [-0.4, -0.2) is 36.2 Å². The van der Waals surface area contributed by atoms with E-state index in [0.29, 0.717) is 18.7 Å². The summed E-state index contributed by atoms with van der Waals surface area (Å²) in [4.78, 5) is 13.7. The zero-order chi connectivity index (χ0) is 11.7. The van der Waals surface area contributed by atoms with Gasteiger partial charge in [0, 0.05) is 19.1 Å². The molecule has 0 bridgehead atoms. The van der Waals surface area contributed by atoms with Crippen molar-refractivity contribution < 1.29 is 9.53 Å². The monoisotopic (exact) mass is 232 g/mol. The summed E-state index contributed by atoms with van der Waals surface area (Å²) in [6.45, 7) is 2.00. The van der Waals surface area contributed by atoms with Gasteiger partial charge in [-0.25, -0.2) is 4.79 Å². The molecule has 1 N–H and O–H groups in total. The van der Waals surface area contributed by atoms with Crippen molar-refractivity contribution in [2.24, 2.45) is 0 Å². The Kier molecular flexibility index (Phi) is 2.73. The second kappa shape index (κ2) is 4.37. The minimum atomic E-state index is -0.178. The number of fused-ring (bicyclic) bond motifs is 1. The lowest BCUT2D eigenvalue weighted by molar-refractivity contribution is 0.0885. The van der Waals surface area contributed by atoms with Gasteiger partial charge in [-0.15, -0.1) is 0 Å². The number of piperazine rings is 1. The first-order valence-corrected chi connectivity index (χ1v) is 6.05. The number of nitrogens with zero attached hydrogens (tertiary/aromatic N) is 1. The predicted octanol–water partition coefficient (Wildman–Crippen LogP) is 1.37. The molecule has 2 unspecified atom stereocenters. The highest BCUT2D eigenvalue weighted by molar-refractivity contribution is 5.69. The summed E-state index contributed by atoms with van der Waals surface area (Å²) in [6, 6.07) is 10.7. The molecule has 2 fully saturated rings. The molecule has 90 valence electrons. The Hall–Kier alpha value is -1.55. The molecule has 0 spiro atoms. The van der Waals surface area contributed by atoms with Crippen LogP contribution in [-0.2, 0) is 11.3 Å². The van der Waals surface area contributed by atoms with E-state index in [9.17, 15) is 4.79 Å². The largest absolute Gasteiger partial charge is 0.445 e. The summed E-state index contributed by atoms with van der Waals surface area (Å²) in [5, 5.41) is 3.37. The standard InChI is InChI=1S/C13H16N2O2/c16-13(15-7-6-14-11-8-12(11)15)17-9-10-4-2-1-3-5-10/h1-5,11-12,14H,6-9H2. The van der Waals surface area contributed by atoms with E-state index in [1.807, 2.05) is 35.2 Å². The molecule has 3 rings (SSSR count). The van der Waals surface area contributed by atoms with Gasteiger partial charge in [0.25, 0.3) is 0 Å². The van der Waals surface area contributed by atoms with Crippen LogP contribution >= 0.6 is 0 Å². The van der Waals surface area contributed by atoms with Crippen molar-refractivity contribution in [2.45, 2.75) is 25.1 Å². The lowest BCUT2D eigenvalue weighted by atomic mass is 10.2. The fraction of sp³-hybridized carbons (Fsp3) is 0.462. The van der Waals surface area contributed by atoms with Crippen LogP contribution in [0.3, 0.4) is 0 Å². The third-order valence-corrected chi connectivity index (χ3v) is 3.36. The molecule has 17 heavy (non-hydrogen) atoms. The van der Waals surface area contributed by atoms with Gasteiger partial charge in [0.2, 0.25) is 0 Å². The summed E-state index contributed by atoms with van der Waals surface area (Å²) in [5.74, 6) is 0. The Balaban J connectivity index is 1.53. The van der Waals surface area contributed by atoms with Crippen LogP contribution in [0.25, 0.3) is 0 Å². The van der Waals surface area contributed by atoms with Crippen molar-refractivity contribution in [3.8, 4) is 0 Å². The Morgan fingerprint density at radius 1 is 1.41 bits per heavy atom. The van der Waals surface area contributed by atoms with E-state index in [0.717, 1.165) is 25.1 Å². The van der Waals surface area contributed by atoms with Gasteiger partial charge in [0.1, 0.15) is 6.61 Å². The van der Waals surface area contributed by atoms with Gasteiger partial charge in [0.15, 0.2) is 0 Å². The lowest BCUT2D eigenvalue weighted by Crippen LogP contribution is -2.46. The first-order valence-electron chi connectivity index (χ1n) is 6.05. The molecule has 1 aromatic carbocycles. The van der Waals surface area contributed by atoms with E-state index in [2.05, 4.69) is 5.32 Å². The Morgan fingerprint density at radius 2 is 2.24 bits per heavy atom. The lowest BCUT2D eigenvalue weighted by Gasteiger charge is -2.26. The molecule has 2 aliphatic rings. The average molecular weight is 232 g/mol. The molecule has 1 heterocycles. The number of rotatable bonds is 2. The second-order valence-electron chi connectivity index (χ2n) is 4.60. The van der Waals surface area contributed by atoms with Crippen LogP contribution in [0.2, 0.25) is 0 Å². The third-order valence-electron chi connectivity index (χ3n) is 3.36. The molecule has 1 aliphatic heterocycles. The van der Waals surface area contributed by atoms with E-state index in [1.165, 1.54) is 0 Å². The van der Waals surface area contributed by atoms with Crippen LogP contribution < -0.4 is 5.32 Å². The smallest absolute Gasteiger partial charge is 0.410 e. The van der Waals surface area contributed by atoms with Gasteiger partial charge in [0.05, 0.1) is 6.04 Å². The molecule has 0 aromatic heterocycles. The van der Waals surface area contributed by atoms with Crippen LogP contribution in [0, 0.1) is 0 Å². The Morgan fingerprint density at radius 3 is 3.06 bits per heavy atom. The SMILES string of the molecule is O=C(OCc1ccccc1)N1CCNC2CC21. The third kappa shape index (κ3) is 2.26. The molecular weight excluding hydrogens is 216 g/mol. The highest BCUT2D eigenvalue weighted by atomic mass is 16.6. The van der Waals surface area contributed by atoms with Crippen molar-refractivity contribution in [1.82, 2.24) is 10.2 Å². The van der Waals surface area contributed by atoms with Crippen molar-refractivity contribution >= 4 is 6.09 Å². The molecule has 4 nitrogen and oxygen atoms in total. The van der Waals surface area contributed by atoms with Gasteiger partial charge in [-0.05, 0) is 12.0 Å². The Labute approximate surface area is 101 Å². The van der Waals surface area contributed by atoms with Gasteiger partial charge in [-0.3, -0.25) is 0 Å². The maximum Gasteiger partial charge on any atom is 0.410 e. The van der Waals surface area contributed by atoms with Crippen molar-refractivity contribution in [2.75, 3.05) is 13.1 Å². The van der Waals surface area contributed by atoms with Crippen molar-refractivity contribution in [1.29, 1.82) is 0 Å². The first-order chi connectivity index (χ1) is 8.34. The number of ether oxygens (including phenoxy) is 1. The van der Waals surface area contributed by atoms with Crippen LogP contribution in [0.5, 0.6) is 0 Å². The topological polar surface area (TPSA) is 41.6 Å². The van der Waals surface area contributed by atoms with Crippen molar-refractivity contribution in [3.05, 3.63) is 35.9 Å². The maximum absolute atomic E-state index is 11.9.